The number of ether oxygens (including phenoxy) is 4. The summed E-state index contributed by atoms with van der Waals surface area (Å²) in [6, 6.07) is 9.73. The second-order valence-electron chi connectivity index (χ2n) is 17.9. The molecule has 6 heterocycles. The fourth-order valence-electron chi connectivity index (χ4n) is 8.86. The van der Waals surface area contributed by atoms with Crippen LogP contribution < -0.4 is 18.9 Å². The number of hydrogen-bond donors (Lipinski definition) is 0. The highest BCUT2D eigenvalue weighted by Crippen LogP contribution is 2.41. The van der Waals surface area contributed by atoms with Gasteiger partial charge in [0, 0.05) is 63.6 Å². The third kappa shape index (κ3) is 11.3. The lowest BCUT2D eigenvalue weighted by molar-refractivity contribution is -0.128. The van der Waals surface area contributed by atoms with Gasteiger partial charge in [-0.05, 0) is 51.0 Å². The van der Waals surface area contributed by atoms with E-state index in [4.69, 9.17) is 42.1 Å². The first-order chi connectivity index (χ1) is 35.2. The predicted molar refractivity (Wildman–Crippen MR) is 274 cm³/mol. The van der Waals surface area contributed by atoms with Crippen LogP contribution in [0.2, 0.25) is 10.0 Å². The quantitative estimate of drug-likeness (QED) is 0.0920. The predicted octanol–water partition coefficient (Wildman–Crippen LogP) is 6.26. The second kappa shape index (κ2) is 22.9. The number of hydrogen-bond acceptors (Lipinski definition) is 18. The van der Waals surface area contributed by atoms with E-state index in [0.717, 1.165) is 0 Å². The summed E-state index contributed by atoms with van der Waals surface area (Å²) < 4.78 is 80.2. The lowest BCUT2D eigenvalue weighted by atomic mass is 10.1. The number of methoxy groups -OCH3 is 4. The van der Waals surface area contributed by atoms with Gasteiger partial charge in [0.1, 0.15) is 57.5 Å². The largest absolute Gasteiger partial charge is 0.494 e. The molecule has 2 aliphatic rings. The topological polar surface area (TPSA) is 259 Å². The molecule has 0 spiro atoms. The normalized spacial score (nSPS) is 17.6. The van der Waals surface area contributed by atoms with Gasteiger partial charge < -0.3 is 28.7 Å². The average Bonchev–Trinajstić information content (AvgIpc) is 4.17. The summed E-state index contributed by atoms with van der Waals surface area (Å²) in [5.74, 6) is 1.89. The highest BCUT2D eigenvalue weighted by atomic mass is 35.5. The maximum Gasteiger partial charge on any atom is 0.223 e. The zero-order chi connectivity index (χ0) is 53.8. The minimum atomic E-state index is -3.77. The van der Waals surface area contributed by atoms with E-state index in [0.29, 0.717) is 93.4 Å². The Labute approximate surface area is 439 Å². The van der Waals surface area contributed by atoms with Gasteiger partial charge in [0.05, 0.1) is 61.1 Å². The summed E-state index contributed by atoms with van der Waals surface area (Å²) in [5.41, 5.74) is 0.930. The fourth-order valence-corrected chi connectivity index (χ4v) is 12.2. The lowest BCUT2D eigenvalue weighted by Gasteiger charge is -2.23. The van der Waals surface area contributed by atoms with E-state index in [1.54, 1.807) is 97.1 Å². The molecule has 2 fully saturated rings. The Kier molecular flexibility index (Phi) is 17.1. The minimum Gasteiger partial charge on any atom is -0.494 e. The first kappa shape index (κ1) is 55.3. The summed E-state index contributed by atoms with van der Waals surface area (Å²) in [4.78, 5) is 44.6. The van der Waals surface area contributed by atoms with Gasteiger partial charge in [-0.15, -0.1) is 20.4 Å². The van der Waals surface area contributed by atoms with Gasteiger partial charge in [-0.25, -0.2) is 36.8 Å². The van der Waals surface area contributed by atoms with Crippen LogP contribution in [0.4, 0.5) is 0 Å². The highest BCUT2D eigenvalue weighted by molar-refractivity contribution is 7.91. The van der Waals surface area contributed by atoms with Crippen LogP contribution in [0.25, 0.3) is 11.4 Å². The summed E-state index contributed by atoms with van der Waals surface area (Å²) >= 11 is 11.8. The fraction of sp³-hybridized carbons (Fsp3) is 0.458. The zero-order valence-electron chi connectivity index (χ0n) is 42.5. The van der Waals surface area contributed by atoms with Crippen LogP contribution >= 0.6 is 23.2 Å². The number of carbonyl (C=O) groups excluding carboxylic acids is 2. The zero-order valence-corrected chi connectivity index (χ0v) is 45.6. The van der Waals surface area contributed by atoms with Crippen molar-refractivity contribution in [2.45, 2.75) is 99.3 Å². The summed E-state index contributed by atoms with van der Waals surface area (Å²) in [5, 5.41) is 16.4. The van der Waals surface area contributed by atoms with Crippen LogP contribution in [0.3, 0.4) is 0 Å². The van der Waals surface area contributed by atoms with Crippen LogP contribution in [0.5, 0.6) is 23.0 Å². The van der Waals surface area contributed by atoms with E-state index in [2.05, 4.69) is 40.3 Å². The molecule has 74 heavy (non-hydrogen) atoms. The molecule has 0 N–H and O–H groups in total. The van der Waals surface area contributed by atoms with Crippen LogP contribution in [-0.2, 0) is 40.8 Å². The number of halogens is 2. The smallest absolute Gasteiger partial charge is 0.223 e. The molecule has 4 aromatic heterocycles. The summed E-state index contributed by atoms with van der Waals surface area (Å²) in [6.45, 7) is 6.74. The van der Waals surface area contributed by atoms with E-state index in [1.807, 2.05) is 0 Å². The van der Waals surface area contributed by atoms with E-state index in [1.165, 1.54) is 53.2 Å². The van der Waals surface area contributed by atoms with E-state index >= 15 is 0 Å². The van der Waals surface area contributed by atoms with Crippen molar-refractivity contribution in [2.24, 2.45) is 0 Å². The Morgan fingerprint density at radius 1 is 0.554 bits per heavy atom. The molecule has 2 amide bonds. The molecule has 0 radical (unpaired) electrons. The van der Waals surface area contributed by atoms with E-state index in [-0.39, 0.29) is 35.5 Å². The number of benzene rings is 2. The van der Waals surface area contributed by atoms with Crippen molar-refractivity contribution in [1.82, 2.24) is 59.3 Å². The standard InChI is InChI=1S/2C24H29ClN6O5S/c2*1-14(23-26-11-16(25)12-27-23)15(2)37(33,34)13-20-28-29-24(17-9-10-21(32)30(17)3)31(20)22-18(35-4)7-6-8-19(22)36-5/h2*6-8,11-12,14-15,17H,9-10,13H2,1-5H3/t14-,15-,17?;14-,15-,17-/m00/s1. The number of sulfone groups is 2. The Hall–Kier alpha value is -6.50. The van der Waals surface area contributed by atoms with Gasteiger partial charge in [-0.1, -0.05) is 49.2 Å². The Morgan fingerprint density at radius 3 is 1.14 bits per heavy atom. The second-order valence-corrected chi connectivity index (χ2v) is 23.5. The molecule has 0 bridgehead atoms. The van der Waals surface area contributed by atoms with Crippen molar-refractivity contribution < 1.29 is 45.4 Å². The molecule has 22 nitrogen and oxygen atoms in total. The molecular formula is C48H58Cl2N12O10S2. The molecular weight excluding hydrogens is 1040 g/mol. The molecule has 0 aliphatic carbocycles. The average molecular weight is 1100 g/mol. The Morgan fingerprint density at radius 2 is 0.865 bits per heavy atom. The highest BCUT2D eigenvalue weighted by Gasteiger charge is 2.40. The van der Waals surface area contributed by atoms with Gasteiger partial charge in [0.2, 0.25) is 11.8 Å². The number of aromatic nitrogens is 10. The molecule has 2 saturated heterocycles. The molecule has 6 aromatic rings. The van der Waals surface area contributed by atoms with Gasteiger partial charge >= 0.3 is 0 Å². The third-order valence-corrected chi connectivity index (χ3v) is 18.4. The number of nitrogens with zero attached hydrogens (tertiary/aromatic N) is 12. The molecule has 2 aromatic carbocycles. The number of para-hydroxylation sites is 2. The van der Waals surface area contributed by atoms with E-state index in [9.17, 15) is 26.4 Å². The first-order valence-corrected chi connectivity index (χ1v) is 27.6. The minimum absolute atomic E-state index is 0.0221. The molecule has 396 valence electrons. The molecule has 6 atom stereocenters. The van der Waals surface area contributed by atoms with Crippen molar-refractivity contribution in [2.75, 3.05) is 42.5 Å². The van der Waals surface area contributed by atoms with E-state index < -0.39 is 53.5 Å². The molecule has 2 aliphatic heterocycles. The number of carbonyl (C=O) groups is 2. The Balaban J connectivity index is 0.000000216. The summed E-state index contributed by atoms with van der Waals surface area (Å²) in [7, 11) is 1.91. The van der Waals surface area contributed by atoms with Crippen molar-refractivity contribution in [3.05, 3.63) is 106 Å². The maximum absolute atomic E-state index is 13.6. The molecule has 26 heteroatoms. The van der Waals surface area contributed by atoms with Gasteiger partial charge in [-0.2, -0.15) is 0 Å². The lowest BCUT2D eigenvalue weighted by Crippen LogP contribution is -2.28. The number of likely N-dealkylation sites (tertiary alicyclic amines) is 2. The third-order valence-electron chi connectivity index (χ3n) is 13.6. The first-order valence-electron chi connectivity index (χ1n) is 23.4. The molecule has 8 rings (SSSR count). The van der Waals surface area contributed by atoms with Crippen molar-refractivity contribution in [3.63, 3.8) is 0 Å². The van der Waals surface area contributed by atoms with Crippen LogP contribution in [-0.4, -0.2) is 141 Å². The molecule has 0 saturated carbocycles. The van der Waals surface area contributed by atoms with Crippen molar-refractivity contribution in [3.8, 4) is 34.4 Å². The number of amides is 2. The van der Waals surface area contributed by atoms with Gasteiger partial charge in [-0.3, -0.25) is 18.7 Å². The SMILES string of the molecule is COc1cccc(OC)c1-n1c(CS(=O)(=O)[C@@H](C)[C@H](C)c2ncc(Cl)cn2)nnc1C1CCC(=O)N1C.COc1cccc(OC)c1-n1c(CS(=O)(=O)[C@@H](C)[C@H](C)c2ncc(Cl)cn2)nnc1[C@@H]1CCC(=O)N1C. The van der Waals surface area contributed by atoms with Crippen LogP contribution in [0.15, 0.2) is 61.2 Å². The van der Waals surface area contributed by atoms with Crippen LogP contribution in [0, 0.1) is 0 Å². The Bertz CT molecular complexity index is 2960. The summed E-state index contributed by atoms with van der Waals surface area (Å²) in [6.07, 6.45) is 7.54. The van der Waals surface area contributed by atoms with Gasteiger partial charge in [0.15, 0.2) is 43.0 Å². The monoisotopic (exact) mass is 1100 g/mol. The number of rotatable bonds is 18. The molecule has 1 unspecified atom stereocenters. The van der Waals surface area contributed by atoms with Crippen molar-refractivity contribution >= 4 is 54.7 Å². The van der Waals surface area contributed by atoms with Crippen LogP contribution in [0.1, 0.15) is 112 Å². The maximum atomic E-state index is 13.6. The van der Waals surface area contributed by atoms with Gasteiger partial charge in [0.25, 0.3) is 0 Å². The van der Waals surface area contributed by atoms with Crippen molar-refractivity contribution in [1.29, 1.82) is 0 Å².